The quantitative estimate of drug-likeness (QED) is 0.159. The van der Waals surface area contributed by atoms with E-state index >= 15 is 0 Å². The van der Waals surface area contributed by atoms with Crippen LogP contribution in [0.2, 0.25) is 0 Å². The van der Waals surface area contributed by atoms with Crippen LogP contribution in [0.4, 0.5) is 17.1 Å². The van der Waals surface area contributed by atoms with E-state index in [9.17, 15) is 5.26 Å². The van der Waals surface area contributed by atoms with Crippen LogP contribution in [0.1, 0.15) is 16.7 Å². The molecule has 0 atom stereocenters. The number of nitrogens with zero attached hydrogens (tertiary/aromatic N) is 6. The van der Waals surface area contributed by atoms with E-state index in [0.29, 0.717) is 5.56 Å². The first-order valence-electron chi connectivity index (χ1n) is 17.4. The number of pyridine rings is 4. The Kier molecular flexibility index (Phi) is 9.05. The molecule has 0 saturated heterocycles. The molecule has 6 nitrogen and oxygen atoms in total. The predicted octanol–water partition coefficient (Wildman–Crippen LogP) is 11.6. The van der Waals surface area contributed by atoms with E-state index in [-0.39, 0.29) is 0 Å². The molecule has 0 aliphatic rings. The first-order chi connectivity index (χ1) is 26.1. The molecular formula is C47H34N6. The van der Waals surface area contributed by atoms with E-state index in [4.69, 9.17) is 0 Å². The van der Waals surface area contributed by atoms with Gasteiger partial charge in [-0.2, -0.15) is 5.26 Å². The summed E-state index contributed by atoms with van der Waals surface area (Å²) in [7, 11) is 0. The highest BCUT2D eigenvalue weighted by Crippen LogP contribution is 2.55. The fourth-order valence-corrected chi connectivity index (χ4v) is 7.06. The van der Waals surface area contributed by atoms with E-state index < -0.39 is 0 Å². The van der Waals surface area contributed by atoms with Gasteiger partial charge in [-0.25, -0.2) is 0 Å². The Morgan fingerprint density at radius 2 is 0.774 bits per heavy atom. The van der Waals surface area contributed by atoms with Gasteiger partial charge >= 0.3 is 0 Å². The molecule has 53 heavy (non-hydrogen) atoms. The van der Waals surface area contributed by atoms with E-state index in [2.05, 4.69) is 118 Å². The molecule has 4 heterocycles. The van der Waals surface area contributed by atoms with Crippen LogP contribution in [0.25, 0.3) is 55.6 Å². The Labute approximate surface area is 309 Å². The van der Waals surface area contributed by atoms with E-state index in [1.165, 1.54) is 11.1 Å². The average Bonchev–Trinajstić information content (AvgIpc) is 3.22. The summed E-state index contributed by atoms with van der Waals surface area (Å²) in [6.07, 6.45) is 14.3. The van der Waals surface area contributed by atoms with E-state index in [1.54, 1.807) is 49.6 Å². The molecule has 0 fully saturated rings. The lowest BCUT2D eigenvalue weighted by atomic mass is 9.76. The molecule has 0 aliphatic carbocycles. The number of nitriles is 1. The average molecular weight is 683 g/mol. The third-order valence-electron chi connectivity index (χ3n) is 9.49. The minimum Gasteiger partial charge on any atom is -0.310 e. The molecule has 0 amide bonds. The number of benzene rings is 4. The molecule has 252 valence electrons. The number of para-hydroxylation sites is 1. The van der Waals surface area contributed by atoms with Crippen molar-refractivity contribution in [3.63, 3.8) is 0 Å². The van der Waals surface area contributed by atoms with Crippen LogP contribution in [-0.4, -0.2) is 19.9 Å². The summed E-state index contributed by atoms with van der Waals surface area (Å²) >= 11 is 0. The molecule has 0 radical (unpaired) electrons. The maximum atomic E-state index is 11.3. The van der Waals surface area contributed by atoms with Gasteiger partial charge in [0.05, 0.1) is 11.3 Å². The minimum atomic E-state index is 0.552. The smallest absolute Gasteiger partial charge is 0.100 e. The van der Waals surface area contributed by atoms with Crippen molar-refractivity contribution in [3.8, 4) is 61.7 Å². The van der Waals surface area contributed by atoms with Gasteiger partial charge in [0.15, 0.2) is 0 Å². The van der Waals surface area contributed by atoms with Crippen LogP contribution in [0.5, 0.6) is 0 Å². The molecule has 0 aliphatic heterocycles. The molecule has 0 unspecified atom stereocenters. The second kappa shape index (κ2) is 14.6. The minimum absolute atomic E-state index is 0.552. The molecule has 6 heteroatoms. The molecule has 8 rings (SSSR count). The summed E-state index contributed by atoms with van der Waals surface area (Å²) in [5, 5.41) is 11.3. The number of hydrogen-bond acceptors (Lipinski definition) is 6. The maximum Gasteiger partial charge on any atom is 0.100 e. The zero-order valence-electron chi connectivity index (χ0n) is 29.3. The number of aromatic nitrogens is 4. The van der Waals surface area contributed by atoms with Crippen molar-refractivity contribution < 1.29 is 0 Å². The Bertz CT molecular complexity index is 2400. The van der Waals surface area contributed by atoms with Crippen molar-refractivity contribution in [2.45, 2.75) is 13.8 Å². The van der Waals surface area contributed by atoms with Crippen molar-refractivity contribution in [1.29, 1.82) is 5.26 Å². The molecule has 4 aromatic carbocycles. The molecule has 0 spiro atoms. The van der Waals surface area contributed by atoms with Crippen molar-refractivity contribution in [2.24, 2.45) is 0 Å². The first-order valence-corrected chi connectivity index (χ1v) is 17.4. The largest absolute Gasteiger partial charge is 0.310 e. The lowest BCUT2D eigenvalue weighted by Crippen LogP contribution is -2.12. The van der Waals surface area contributed by atoms with Crippen molar-refractivity contribution in [3.05, 3.63) is 188 Å². The summed E-state index contributed by atoms with van der Waals surface area (Å²) in [6, 6.07) is 44.5. The highest BCUT2D eigenvalue weighted by molar-refractivity contribution is 6.12. The Morgan fingerprint density at radius 1 is 0.415 bits per heavy atom. The number of rotatable bonds is 8. The lowest BCUT2D eigenvalue weighted by Gasteiger charge is -2.31. The van der Waals surface area contributed by atoms with Gasteiger partial charge in [-0.1, -0.05) is 53.6 Å². The van der Waals surface area contributed by atoms with Gasteiger partial charge in [0.1, 0.15) is 6.07 Å². The Balaban J connectivity index is 1.61. The monoisotopic (exact) mass is 682 g/mol. The van der Waals surface area contributed by atoms with Gasteiger partial charge in [-0.15, -0.1) is 0 Å². The van der Waals surface area contributed by atoms with Gasteiger partial charge in [0.25, 0.3) is 0 Å². The van der Waals surface area contributed by atoms with Gasteiger partial charge in [0, 0.05) is 83.2 Å². The summed E-state index contributed by atoms with van der Waals surface area (Å²) in [4.78, 5) is 19.8. The lowest BCUT2D eigenvalue weighted by molar-refractivity contribution is 1.27. The fourth-order valence-electron chi connectivity index (χ4n) is 7.06. The van der Waals surface area contributed by atoms with Gasteiger partial charge in [-0.3, -0.25) is 19.9 Å². The molecule has 8 aromatic rings. The zero-order valence-corrected chi connectivity index (χ0v) is 29.3. The van der Waals surface area contributed by atoms with Crippen LogP contribution in [0.15, 0.2) is 171 Å². The van der Waals surface area contributed by atoms with E-state index in [1.807, 2.05) is 48.5 Å². The third kappa shape index (κ3) is 6.33. The standard InChI is InChI=1S/C47H34N6/c1-32-7-11-38(12-8-32)53(39-13-9-33(2)10-14-39)42-6-4-3-5-40(42)47-45(36-19-27-51-28-20-36)43(34-15-23-49-24-16-34)41(31-48)44(35-17-25-50-26-18-35)46(47)37-21-29-52-30-22-37/h3-30H,1-2H3. The Hall–Kier alpha value is -7.23. The SMILES string of the molecule is Cc1ccc(N(c2ccc(C)cc2)c2ccccc2-c2c(-c3ccncc3)c(-c3ccncc3)c(C#N)c(-c3ccncc3)c2-c2ccncc2)cc1. The second-order valence-corrected chi connectivity index (χ2v) is 12.8. The molecular weight excluding hydrogens is 649 g/mol. The van der Waals surface area contributed by atoms with E-state index in [0.717, 1.165) is 72.7 Å². The highest BCUT2D eigenvalue weighted by Gasteiger charge is 2.30. The van der Waals surface area contributed by atoms with Crippen molar-refractivity contribution >= 4 is 17.1 Å². The predicted molar refractivity (Wildman–Crippen MR) is 214 cm³/mol. The Morgan fingerprint density at radius 3 is 1.15 bits per heavy atom. The van der Waals surface area contributed by atoms with Gasteiger partial charge < -0.3 is 4.90 Å². The normalized spacial score (nSPS) is 10.8. The fraction of sp³-hybridized carbons (Fsp3) is 0.0426. The second-order valence-electron chi connectivity index (χ2n) is 12.8. The van der Waals surface area contributed by atoms with Gasteiger partial charge in [-0.05, 0) is 126 Å². The summed E-state index contributed by atoms with van der Waals surface area (Å²) in [5.41, 5.74) is 15.0. The van der Waals surface area contributed by atoms with Crippen molar-refractivity contribution in [1.82, 2.24) is 19.9 Å². The summed E-state index contributed by atoms with van der Waals surface area (Å²) in [6.45, 7) is 4.21. The molecule has 0 bridgehead atoms. The maximum absolute atomic E-state index is 11.3. The number of hydrogen-bond donors (Lipinski definition) is 0. The third-order valence-corrected chi connectivity index (χ3v) is 9.49. The molecule has 4 aromatic heterocycles. The van der Waals surface area contributed by atoms with Crippen LogP contribution < -0.4 is 4.90 Å². The summed E-state index contributed by atoms with van der Waals surface area (Å²) in [5.74, 6) is 0. The van der Waals surface area contributed by atoms with Crippen molar-refractivity contribution in [2.75, 3.05) is 4.90 Å². The number of anilines is 3. The topological polar surface area (TPSA) is 78.6 Å². The molecule has 0 saturated carbocycles. The number of aryl methyl sites for hydroxylation is 2. The first kappa shape index (κ1) is 32.9. The zero-order chi connectivity index (χ0) is 36.1. The van der Waals surface area contributed by atoms with Crippen LogP contribution in [0.3, 0.4) is 0 Å². The van der Waals surface area contributed by atoms with Crippen LogP contribution >= 0.6 is 0 Å². The van der Waals surface area contributed by atoms with Crippen LogP contribution in [0, 0.1) is 25.2 Å². The molecule has 0 N–H and O–H groups in total. The summed E-state index contributed by atoms with van der Waals surface area (Å²) < 4.78 is 0. The highest BCUT2D eigenvalue weighted by atomic mass is 15.1. The van der Waals surface area contributed by atoms with Crippen LogP contribution in [-0.2, 0) is 0 Å². The van der Waals surface area contributed by atoms with Gasteiger partial charge in [0.2, 0.25) is 0 Å².